The highest BCUT2D eigenvalue weighted by Gasteiger charge is 2.49. The Bertz CT molecular complexity index is 614. The number of methoxy groups -OCH3 is 1. The molecule has 0 heterocycles. The number of hydrogen-bond donors (Lipinski definition) is 1. The monoisotopic (exact) mass is 300 g/mol. The lowest BCUT2D eigenvalue weighted by molar-refractivity contribution is -0.0979. The van der Waals surface area contributed by atoms with E-state index in [2.05, 4.69) is 39.5 Å². The lowest BCUT2D eigenvalue weighted by Gasteiger charge is -2.49. The van der Waals surface area contributed by atoms with E-state index >= 15 is 0 Å². The number of rotatable bonds is 1. The molecule has 2 heteroatoms. The summed E-state index contributed by atoms with van der Waals surface area (Å²) in [4.78, 5) is 0. The van der Waals surface area contributed by atoms with Crippen LogP contribution in [0.4, 0.5) is 0 Å². The molecule has 0 saturated heterocycles. The van der Waals surface area contributed by atoms with Crippen LogP contribution >= 0.6 is 0 Å². The van der Waals surface area contributed by atoms with Crippen molar-refractivity contribution in [2.75, 3.05) is 7.11 Å². The zero-order valence-electron chi connectivity index (χ0n) is 14.3. The molecule has 1 fully saturated rings. The maximum absolute atomic E-state index is 11.4. The second-order valence-electron chi connectivity index (χ2n) is 7.96. The Balaban J connectivity index is 2.11. The summed E-state index contributed by atoms with van der Waals surface area (Å²) in [5.41, 5.74) is 4.26. The van der Waals surface area contributed by atoms with Crippen molar-refractivity contribution in [3.63, 3.8) is 0 Å². The molecule has 1 aromatic carbocycles. The van der Waals surface area contributed by atoms with Gasteiger partial charge in [-0.25, -0.2) is 0 Å². The van der Waals surface area contributed by atoms with Crippen LogP contribution in [0.2, 0.25) is 0 Å². The molecule has 2 aliphatic rings. The number of ether oxygens (including phenoxy) is 1. The third kappa shape index (κ3) is 2.38. The molecule has 120 valence electrons. The van der Waals surface area contributed by atoms with E-state index in [9.17, 15) is 5.11 Å². The predicted molar refractivity (Wildman–Crippen MR) is 91.2 cm³/mol. The zero-order chi connectivity index (χ0) is 16.1. The van der Waals surface area contributed by atoms with Gasteiger partial charge in [0.1, 0.15) is 5.75 Å². The minimum Gasteiger partial charge on any atom is -0.496 e. The van der Waals surface area contributed by atoms with E-state index < -0.39 is 5.60 Å². The summed E-state index contributed by atoms with van der Waals surface area (Å²) < 4.78 is 5.49. The topological polar surface area (TPSA) is 29.5 Å². The van der Waals surface area contributed by atoms with E-state index in [0.717, 1.165) is 36.1 Å². The molecule has 0 aromatic heterocycles. The van der Waals surface area contributed by atoms with Crippen LogP contribution in [0.5, 0.6) is 5.75 Å². The number of allylic oxidation sites excluding steroid dienone is 1. The van der Waals surface area contributed by atoms with E-state index in [1.807, 2.05) is 0 Å². The number of aryl methyl sites for hydroxylation is 1. The van der Waals surface area contributed by atoms with Crippen molar-refractivity contribution in [2.24, 2.45) is 11.3 Å². The maximum Gasteiger partial charge on any atom is 0.122 e. The minimum absolute atomic E-state index is 0.164. The molecule has 2 atom stereocenters. The first-order valence-corrected chi connectivity index (χ1v) is 8.35. The van der Waals surface area contributed by atoms with Crippen molar-refractivity contribution in [1.82, 2.24) is 0 Å². The van der Waals surface area contributed by atoms with Gasteiger partial charge in [0.2, 0.25) is 0 Å². The van der Waals surface area contributed by atoms with Crippen molar-refractivity contribution in [1.29, 1.82) is 0 Å². The normalized spacial score (nSPS) is 30.2. The summed E-state index contributed by atoms with van der Waals surface area (Å²) in [6.07, 6.45) is 4.79. The Morgan fingerprint density at radius 1 is 1.27 bits per heavy atom. The Labute approximate surface area is 134 Å². The van der Waals surface area contributed by atoms with Crippen LogP contribution in [0.3, 0.4) is 0 Å². The highest BCUT2D eigenvalue weighted by atomic mass is 16.5. The van der Waals surface area contributed by atoms with Gasteiger partial charge in [-0.2, -0.15) is 0 Å². The molecule has 22 heavy (non-hydrogen) atoms. The van der Waals surface area contributed by atoms with E-state index in [4.69, 9.17) is 4.74 Å². The lowest BCUT2D eigenvalue weighted by atomic mass is 9.59. The van der Waals surface area contributed by atoms with E-state index in [1.165, 1.54) is 17.5 Å². The molecular formula is C20H28O2. The number of fused-ring (bicyclic) bond motifs is 2. The predicted octanol–water partition coefficient (Wildman–Crippen LogP) is 4.52. The van der Waals surface area contributed by atoms with Crippen molar-refractivity contribution in [3.8, 4) is 5.75 Å². The number of benzene rings is 1. The van der Waals surface area contributed by atoms with E-state index in [-0.39, 0.29) is 11.3 Å². The largest absolute Gasteiger partial charge is 0.496 e. The third-order valence-electron chi connectivity index (χ3n) is 5.97. The Morgan fingerprint density at radius 2 is 2.00 bits per heavy atom. The highest BCUT2D eigenvalue weighted by Crippen LogP contribution is 2.53. The van der Waals surface area contributed by atoms with Crippen LogP contribution in [-0.2, 0) is 6.42 Å². The lowest BCUT2D eigenvalue weighted by Crippen LogP contribution is -2.49. The Kier molecular flexibility index (Phi) is 3.64. The molecule has 0 amide bonds. The van der Waals surface area contributed by atoms with Gasteiger partial charge in [0.15, 0.2) is 0 Å². The first-order valence-electron chi connectivity index (χ1n) is 8.35. The first-order chi connectivity index (χ1) is 10.3. The number of hydrogen-bond acceptors (Lipinski definition) is 2. The summed E-state index contributed by atoms with van der Waals surface area (Å²) in [5.74, 6) is 1.18. The van der Waals surface area contributed by atoms with Crippen LogP contribution in [0, 0.1) is 18.3 Å². The third-order valence-corrected chi connectivity index (χ3v) is 5.97. The van der Waals surface area contributed by atoms with Crippen LogP contribution in [0.15, 0.2) is 18.7 Å². The fourth-order valence-corrected chi connectivity index (χ4v) is 4.72. The fourth-order valence-electron chi connectivity index (χ4n) is 4.72. The van der Waals surface area contributed by atoms with Crippen molar-refractivity contribution in [3.05, 3.63) is 35.4 Å². The van der Waals surface area contributed by atoms with Gasteiger partial charge in [0, 0.05) is 6.42 Å². The SMILES string of the molecule is C=C1C[C@H]2C(C)(C)CCC[C@]2(O)Cc2cc(OC)c(C)cc21. The molecular weight excluding hydrogens is 272 g/mol. The quantitative estimate of drug-likeness (QED) is 0.826. The molecule has 0 aliphatic heterocycles. The molecule has 0 bridgehead atoms. The molecule has 2 aliphatic carbocycles. The maximum atomic E-state index is 11.4. The average Bonchev–Trinajstić information content (AvgIpc) is 2.54. The molecule has 3 rings (SSSR count). The van der Waals surface area contributed by atoms with Crippen LogP contribution in [0.25, 0.3) is 5.57 Å². The van der Waals surface area contributed by atoms with Crippen molar-refractivity contribution in [2.45, 2.75) is 58.5 Å². The van der Waals surface area contributed by atoms with Gasteiger partial charge in [0.05, 0.1) is 12.7 Å². The van der Waals surface area contributed by atoms with Crippen LogP contribution in [0.1, 0.15) is 56.2 Å². The standard InChI is InChI=1S/C20H28O2/c1-13-10-18-19(3,4)7-6-8-20(18,21)12-15-11-17(22-5)14(2)9-16(13)15/h9,11,18,21H,1,6-8,10,12H2,2-5H3/t18-,20-/m0/s1. The van der Waals surface area contributed by atoms with Gasteiger partial charge in [-0.3, -0.25) is 0 Å². The highest BCUT2D eigenvalue weighted by molar-refractivity contribution is 5.70. The average molecular weight is 300 g/mol. The van der Waals surface area contributed by atoms with Gasteiger partial charge in [-0.05, 0) is 71.9 Å². The van der Waals surface area contributed by atoms with Crippen molar-refractivity contribution < 1.29 is 9.84 Å². The van der Waals surface area contributed by atoms with Crippen LogP contribution < -0.4 is 4.74 Å². The second-order valence-corrected chi connectivity index (χ2v) is 7.96. The molecule has 0 spiro atoms. The summed E-state index contributed by atoms with van der Waals surface area (Å²) >= 11 is 0. The Morgan fingerprint density at radius 3 is 2.68 bits per heavy atom. The molecule has 1 saturated carbocycles. The second kappa shape index (κ2) is 5.13. The summed E-state index contributed by atoms with van der Waals surface area (Å²) in [7, 11) is 1.71. The Hall–Kier alpha value is -1.28. The minimum atomic E-state index is -0.615. The van der Waals surface area contributed by atoms with Gasteiger partial charge in [-0.15, -0.1) is 0 Å². The molecule has 0 radical (unpaired) electrons. The smallest absolute Gasteiger partial charge is 0.122 e. The zero-order valence-corrected chi connectivity index (χ0v) is 14.3. The van der Waals surface area contributed by atoms with Crippen LogP contribution in [-0.4, -0.2) is 17.8 Å². The van der Waals surface area contributed by atoms with E-state index in [0.29, 0.717) is 6.42 Å². The molecule has 1 N–H and O–H groups in total. The molecule has 1 aromatic rings. The van der Waals surface area contributed by atoms with E-state index in [1.54, 1.807) is 7.11 Å². The number of aliphatic hydroxyl groups is 1. The van der Waals surface area contributed by atoms with Gasteiger partial charge >= 0.3 is 0 Å². The van der Waals surface area contributed by atoms with Gasteiger partial charge in [0.25, 0.3) is 0 Å². The van der Waals surface area contributed by atoms with Gasteiger partial charge < -0.3 is 9.84 Å². The molecule has 2 nitrogen and oxygen atoms in total. The van der Waals surface area contributed by atoms with Crippen molar-refractivity contribution >= 4 is 5.57 Å². The summed E-state index contributed by atoms with van der Waals surface area (Å²) in [6, 6.07) is 4.29. The first kappa shape index (κ1) is 15.6. The summed E-state index contributed by atoms with van der Waals surface area (Å²) in [6.45, 7) is 11.0. The molecule has 0 unspecified atom stereocenters. The van der Waals surface area contributed by atoms with Gasteiger partial charge in [-0.1, -0.05) is 26.8 Å². The summed E-state index contributed by atoms with van der Waals surface area (Å²) in [5, 5.41) is 11.4. The fraction of sp³-hybridized carbons (Fsp3) is 0.600.